The lowest BCUT2D eigenvalue weighted by Gasteiger charge is -2.15. The van der Waals surface area contributed by atoms with E-state index in [0.29, 0.717) is 11.5 Å². The third-order valence-electron chi connectivity index (χ3n) is 1.85. The Labute approximate surface area is 81.0 Å². The summed E-state index contributed by atoms with van der Waals surface area (Å²) >= 11 is 1.60. The van der Waals surface area contributed by atoms with Gasteiger partial charge in [-0.05, 0) is 0 Å². The second-order valence-corrected chi connectivity index (χ2v) is 3.89. The van der Waals surface area contributed by atoms with Crippen LogP contribution in [0.2, 0.25) is 0 Å². The molecule has 0 unspecified atom stereocenters. The molecular formula is C8H12O4S. The zero-order chi connectivity index (χ0) is 9.84. The van der Waals surface area contributed by atoms with Crippen LogP contribution in [0.15, 0.2) is 0 Å². The van der Waals surface area contributed by atoms with Gasteiger partial charge in [-0.25, -0.2) is 0 Å². The number of thioether (sulfide) groups is 1. The van der Waals surface area contributed by atoms with E-state index in [1.54, 1.807) is 11.8 Å². The summed E-state index contributed by atoms with van der Waals surface area (Å²) in [5.74, 6) is 0.417. The average molecular weight is 204 g/mol. The molecule has 4 nitrogen and oxygen atoms in total. The van der Waals surface area contributed by atoms with Crippen molar-refractivity contribution < 1.29 is 19.1 Å². The van der Waals surface area contributed by atoms with E-state index in [1.165, 1.54) is 14.0 Å². The normalized spacial score (nSPS) is 26.9. The second-order valence-electron chi connectivity index (χ2n) is 2.81. The zero-order valence-electron chi connectivity index (χ0n) is 7.61. The summed E-state index contributed by atoms with van der Waals surface area (Å²) in [7, 11) is 1.34. The third kappa shape index (κ3) is 2.62. The quantitative estimate of drug-likeness (QED) is 0.611. The highest BCUT2D eigenvalue weighted by Crippen LogP contribution is 2.27. The number of rotatable bonds is 2. The molecule has 5 heteroatoms. The summed E-state index contributed by atoms with van der Waals surface area (Å²) in [6.07, 6.45) is -0.310. The van der Waals surface area contributed by atoms with Crippen molar-refractivity contribution in [2.24, 2.45) is 5.92 Å². The first-order valence-corrected chi connectivity index (χ1v) is 5.13. The molecule has 0 amide bonds. The van der Waals surface area contributed by atoms with Gasteiger partial charge in [0.1, 0.15) is 12.0 Å². The molecule has 1 saturated heterocycles. The summed E-state index contributed by atoms with van der Waals surface area (Å²) in [4.78, 5) is 21.9. The molecule has 1 heterocycles. The van der Waals surface area contributed by atoms with Crippen molar-refractivity contribution in [3.8, 4) is 0 Å². The third-order valence-corrected chi connectivity index (χ3v) is 3.01. The van der Waals surface area contributed by atoms with Gasteiger partial charge in [-0.15, -0.1) is 0 Å². The fourth-order valence-electron chi connectivity index (χ4n) is 1.24. The predicted octanol–water partition coefficient (Wildman–Crippen LogP) is 0.454. The van der Waals surface area contributed by atoms with Gasteiger partial charge in [0.05, 0.1) is 7.11 Å². The number of hydrogen-bond donors (Lipinski definition) is 0. The van der Waals surface area contributed by atoms with Gasteiger partial charge in [0, 0.05) is 18.4 Å². The first kappa shape index (κ1) is 10.4. The summed E-state index contributed by atoms with van der Waals surface area (Å²) in [6, 6.07) is 0. The van der Waals surface area contributed by atoms with Gasteiger partial charge in [-0.1, -0.05) is 0 Å². The van der Waals surface area contributed by atoms with Gasteiger partial charge < -0.3 is 9.47 Å². The molecule has 2 atom stereocenters. The summed E-state index contributed by atoms with van der Waals surface area (Å²) in [5.41, 5.74) is 0. The highest BCUT2D eigenvalue weighted by molar-refractivity contribution is 7.99. The number of methoxy groups -OCH3 is 1. The Morgan fingerprint density at radius 3 is 2.62 bits per heavy atom. The monoisotopic (exact) mass is 204 g/mol. The summed E-state index contributed by atoms with van der Waals surface area (Å²) < 4.78 is 9.59. The second kappa shape index (κ2) is 4.50. The van der Waals surface area contributed by atoms with Gasteiger partial charge in [0.2, 0.25) is 0 Å². The lowest BCUT2D eigenvalue weighted by Crippen LogP contribution is -2.31. The summed E-state index contributed by atoms with van der Waals surface area (Å²) in [6.45, 7) is 1.34. The first-order valence-electron chi connectivity index (χ1n) is 3.98. The molecule has 13 heavy (non-hydrogen) atoms. The van der Waals surface area contributed by atoms with Crippen LogP contribution in [-0.4, -0.2) is 36.7 Å². The summed E-state index contributed by atoms with van der Waals surface area (Å²) in [5, 5.41) is 0. The number of esters is 2. The minimum atomic E-state index is -0.346. The highest BCUT2D eigenvalue weighted by atomic mass is 32.2. The Morgan fingerprint density at radius 2 is 2.08 bits per heavy atom. The van der Waals surface area contributed by atoms with E-state index < -0.39 is 0 Å². The van der Waals surface area contributed by atoms with E-state index in [2.05, 4.69) is 4.74 Å². The van der Waals surface area contributed by atoms with E-state index >= 15 is 0 Å². The molecular weight excluding hydrogens is 192 g/mol. The van der Waals surface area contributed by atoms with E-state index in [1.807, 2.05) is 0 Å². The van der Waals surface area contributed by atoms with Crippen LogP contribution in [0, 0.1) is 5.92 Å². The van der Waals surface area contributed by atoms with Crippen LogP contribution < -0.4 is 0 Å². The minimum absolute atomic E-state index is 0.293. The minimum Gasteiger partial charge on any atom is -0.469 e. The van der Waals surface area contributed by atoms with Crippen LogP contribution >= 0.6 is 11.8 Å². The predicted molar refractivity (Wildman–Crippen MR) is 48.4 cm³/mol. The number of hydrogen-bond acceptors (Lipinski definition) is 5. The van der Waals surface area contributed by atoms with Gasteiger partial charge in [0.25, 0.3) is 0 Å². The standard InChI is InChI=1S/C8H12O4S/c1-5(9)12-7-4-13-3-6(7)8(10)11-2/h6-7H,3-4H2,1-2H3/t6-,7+/m0/s1. The topological polar surface area (TPSA) is 52.6 Å². The van der Waals surface area contributed by atoms with Crippen molar-refractivity contribution in [1.29, 1.82) is 0 Å². The van der Waals surface area contributed by atoms with Crippen molar-refractivity contribution >= 4 is 23.7 Å². The Morgan fingerprint density at radius 1 is 1.38 bits per heavy atom. The Kier molecular flexibility index (Phi) is 3.59. The van der Waals surface area contributed by atoms with E-state index in [0.717, 1.165) is 0 Å². The maximum absolute atomic E-state index is 11.2. The molecule has 0 radical (unpaired) electrons. The van der Waals surface area contributed by atoms with Crippen molar-refractivity contribution in [2.45, 2.75) is 13.0 Å². The van der Waals surface area contributed by atoms with E-state index in [-0.39, 0.29) is 24.0 Å². The maximum atomic E-state index is 11.2. The number of ether oxygens (including phenoxy) is 2. The lowest BCUT2D eigenvalue weighted by molar-refractivity contribution is -0.155. The van der Waals surface area contributed by atoms with Crippen LogP contribution in [0.1, 0.15) is 6.92 Å². The largest absolute Gasteiger partial charge is 0.469 e. The van der Waals surface area contributed by atoms with Crippen LogP contribution in [0.5, 0.6) is 0 Å². The van der Waals surface area contributed by atoms with Gasteiger partial charge in [0.15, 0.2) is 0 Å². The van der Waals surface area contributed by atoms with Gasteiger partial charge in [-0.2, -0.15) is 11.8 Å². The molecule has 0 bridgehead atoms. The molecule has 0 N–H and O–H groups in total. The Balaban J connectivity index is 2.53. The Bertz CT molecular complexity index is 216. The number of carbonyl (C=O) groups is 2. The van der Waals surface area contributed by atoms with Crippen molar-refractivity contribution in [3.05, 3.63) is 0 Å². The first-order chi connectivity index (χ1) is 6.15. The molecule has 0 aromatic heterocycles. The highest BCUT2D eigenvalue weighted by Gasteiger charge is 2.36. The lowest BCUT2D eigenvalue weighted by atomic mass is 10.1. The fraction of sp³-hybridized carbons (Fsp3) is 0.750. The zero-order valence-corrected chi connectivity index (χ0v) is 8.43. The molecule has 1 aliphatic heterocycles. The van der Waals surface area contributed by atoms with Crippen molar-refractivity contribution in [3.63, 3.8) is 0 Å². The fourth-order valence-corrected chi connectivity index (χ4v) is 2.51. The van der Waals surface area contributed by atoms with Crippen molar-refractivity contribution in [2.75, 3.05) is 18.6 Å². The van der Waals surface area contributed by atoms with Crippen LogP contribution in [0.4, 0.5) is 0 Å². The Hall–Kier alpha value is -0.710. The number of carbonyl (C=O) groups excluding carboxylic acids is 2. The van der Waals surface area contributed by atoms with E-state index in [4.69, 9.17) is 4.74 Å². The SMILES string of the molecule is COC(=O)[C@H]1CSC[C@H]1OC(C)=O. The molecule has 1 rings (SSSR count). The molecule has 74 valence electrons. The van der Waals surface area contributed by atoms with E-state index in [9.17, 15) is 9.59 Å². The smallest absolute Gasteiger partial charge is 0.313 e. The maximum Gasteiger partial charge on any atom is 0.313 e. The molecule has 0 aromatic carbocycles. The molecule has 1 fully saturated rings. The molecule has 0 aliphatic carbocycles. The molecule has 0 spiro atoms. The van der Waals surface area contributed by atoms with Gasteiger partial charge >= 0.3 is 11.9 Å². The van der Waals surface area contributed by atoms with Crippen LogP contribution in [0.25, 0.3) is 0 Å². The van der Waals surface area contributed by atoms with Crippen LogP contribution in [-0.2, 0) is 19.1 Å². The molecule has 0 saturated carbocycles. The van der Waals surface area contributed by atoms with Crippen molar-refractivity contribution in [1.82, 2.24) is 0 Å². The molecule has 1 aliphatic rings. The van der Waals surface area contributed by atoms with Crippen LogP contribution in [0.3, 0.4) is 0 Å². The average Bonchev–Trinajstić information content (AvgIpc) is 2.50. The molecule has 0 aromatic rings. The van der Waals surface area contributed by atoms with Gasteiger partial charge in [-0.3, -0.25) is 9.59 Å².